The molecule has 1 N–H and O–H groups in total. The topological polar surface area (TPSA) is 50.7 Å². The van der Waals surface area contributed by atoms with E-state index in [-0.39, 0.29) is 16.6 Å². The van der Waals surface area contributed by atoms with Gasteiger partial charge in [0.15, 0.2) is 0 Å². The molecule has 0 unspecified atom stereocenters. The zero-order valence-corrected chi connectivity index (χ0v) is 10.9. The Labute approximate surface area is 116 Å². The van der Waals surface area contributed by atoms with Gasteiger partial charge in [0.2, 0.25) is 5.82 Å². The summed E-state index contributed by atoms with van der Waals surface area (Å²) in [7, 11) is 0. The van der Waals surface area contributed by atoms with E-state index in [0.29, 0.717) is 11.3 Å². The molecule has 4 nitrogen and oxygen atoms in total. The van der Waals surface area contributed by atoms with Gasteiger partial charge in [-0.25, -0.2) is 4.98 Å². The number of aryl methyl sites for hydroxylation is 1. The van der Waals surface area contributed by atoms with Gasteiger partial charge in [0.1, 0.15) is 0 Å². The average Bonchev–Trinajstić information content (AvgIpc) is 2.85. The molecule has 0 saturated carbocycles. The lowest BCUT2D eigenvalue weighted by Gasteiger charge is -2.06. The van der Waals surface area contributed by atoms with Gasteiger partial charge >= 0.3 is 6.18 Å². The van der Waals surface area contributed by atoms with Gasteiger partial charge in [-0.1, -0.05) is 6.07 Å². The van der Waals surface area contributed by atoms with Gasteiger partial charge in [-0.2, -0.15) is 13.2 Å². The van der Waals surface area contributed by atoms with Crippen LogP contribution >= 0.6 is 0 Å². The van der Waals surface area contributed by atoms with Crippen molar-refractivity contribution in [2.24, 2.45) is 0 Å². The predicted molar refractivity (Wildman–Crippen MR) is 71.4 cm³/mol. The number of benzene rings is 1. The summed E-state index contributed by atoms with van der Waals surface area (Å²) in [6.07, 6.45) is -2.96. The molecule has 0 fully saturated rings. The first-order valence-electron chi connectivity index (χ1n) is 6.12. The Bertz CT molecular complexity index is 877. The molecule has 0 saturated heterocycles. The zero-order valence-electron chi connectivity index (χ0n) is 10.9. The molecular formula is C14H10F3N3O. The fourth-order valence-electron chi connectivity index (χ4n) is 2.09. The summed E-state index contributed by atoms with van der Waals surface area (Å²) in [5.74, 6) is -1.05. The minimum atomic E-state index is -4.53. The van der Waals surface area contributed by atoms with E-state index in [9.17, 15) is 18.0 Å². The van der Waals surface area contributed by atoms with Crippen LogP contribution in [0.1, 0.15) is 11.4 Å². The number of nitrogens with zero attached hydrogens (tertiary/aromatic N) is 2. The molecule has 0 aliphatic rings. The number of halogens is 3. The molecular weight excluding hydrogens is 283 g/mol. The number of rotatable bonds is 1. The number of fused-ring (bicyclic) bond motifs is 1. The monoisotopic (exact) mass is 293 g/mol. The molecule has 0 aliphatic carbocycles. The van der Waals surface area contributed by atoms with Crippen LogP contribution in [0.2, 0.25) is 0 Å². The number of aromatic nitrogens is 3. The summed E-state index contributed by atoms with van der Waals surface area (Å²) in [6.45, 7) is 1.68. The maximum atomic E-state index is 12.6. The first-order valence-corrected chi connectivity index (χ1v) is 6.12. The van der Waals surface area contributed by atoms with Gasteiger partial charge < -0.3 is 4.98 Å². The summed E-state index contributed by atoms with van der Waals surface area (Å²) in [5, 5.41) is 0. The first-order chi connectivity index (χ1) is 9.86. The van der Waals surface area contributed by atoms with E-state index in [1.165, 1.54) is 16.7 Å². The number of imidazole rings is 1. The van der Waals surface area contributed by atoms with Gasteiger partial charge in [-0.3, -0.25) is 9.36 Å². The van der Waals surface area contributed by atoms with Gasteiger partial charge in [-0.15, -0.1) is 0 Å². The van der Waals surface area contributed by atoms with E-state index in [2.05, 4.69) is 9.97 Å². The quantitative estimate of drug-likeness (QED) is 0.749. The van der Waals surface area contributed by atoms with E-state index >= 15 is 0 Å². The third kappa shape index (κ3) is 2.31. The number of alkyl halides is 3. The fourth-order valence-corrected chi connectivity index (χ4v) is 2.09. The van der Waals surface area contributed by atoms with Crippen LogP contribution in [0.5, 0.6) is 0 Å². The Kier molecular flexibility index (Phi) is 2.86. The highest BCUT2D eigenvalue weighted by molar-refractivity contribution is 5.77. The van der Waals surface area contributed by atoms with Crippen molar-refractivity contribution in [1.29, 1.82) is 0 Å². The standard InChI is InChI=1S/C14H10F3N3O/c1-8-3-2-6-20(12(8)21)9-4-5-10-11(7-9)19-13(18-10)14(15,16)17/h2-7H,1H3,(H,18,19). The molecule has 21 heavy (non-hydrogen) atoms. The lowest BCUT2D eigenvalue weighted by molar-refractivity contribution is -0.144. The number of nitrogens with one attached hydrogen (secondary N) is 1. The lowest BCUT2D eigenvalue weighted by Crippen LogP contribution is -2.19. The third-order valence-corrected chi connectivity index (χ3v) is 3.15. The number of hydrogen-bond donors (Lipinski definition) is 1. The summed E-state index contributed by atoms with van der Waals surface area (Å²) in [6, 6.07) is 7.86. The third-order valence-electron chi connectivity index (χ3n) is 3.15. The molecule has 3 rings (SSSR count). The van der Waals surface area contributed by atoms with Crippen LogP contribution in [0.25, 0.3) is 16.7 Å². The van der Waals surface area contributed by atoms with Crippen molar-refractivity contribution in [2.75, 3.05) is 0 Å². The Morgan fingerprint density at radius 2 is 2.00 bits per heavy atom. The highest BCUT2D eigenvalue weighted by atomic mass is 19.4. The fraction of sp³-hybridized carbons (Fsp3) is 0.143. The van der Waals surface area contributed by atoms with Crippen molar-refractivity contribution in [3.05, 3.63) is 58.3 Å². The van der Waals surface area contributed by atoms with Crippen molar-refractivity contribution in [1.82, 2.24) is 14.5 Å². The minimum Gasteiger partial charge on any atom is -0.334 e. The van der Waals surface area contributed by atoms with Crippen LogP contribution in [0.4, 0.5) is 13.2 Å². The summed E-state index contributed by atoms with van der Waals surface area (Å²) in [5.41, 5.74) is 1.25. The molecule has 7 heteroatoms. The Morgan fingerprint density at radius 1 is 1.24 bits per heavy atom. The molecule has 0 aliphatic heterocycles. The molecule has 2 aromatic heterocycles. The highest BCUT2D eigenvalue weighted by Gasteiger charge is 2.34. The normalized spacial score (nSPS) is 12.0. The van der Waals surface area contributed by atoms with Crippen LogP contribution in [0.15, 0.2) is 41.3 Å². The van der Waals surface area contributed by atoms with Crippen LogP contribution in [0.3, 0.4) is 0 Å². The highest BCUT2D eigenvalue weighted by Crippen LogP contribution is 2.28. The van der Waals surface area contributed by atoms with Gasteiger partial charge in [0, 0.05) is 11.8 Å². The van der Waals surface area contributed by atoms with Crippen LogP contribution in [0, 0.1) is 6.92 Å². The number of aromatic amines is 1. The molecule has 0 amide bonds. The molecule has 2 heterocycles. The van der Waals surface area contributed by atoms with E-state index in [1.54, 1.807) is 31.3 Å². The maximum Gasteiger partial charge on any atom is 0.449 e. The average molecular weight is 293 g/mol. The van der Waals surface area contributed by atoms with Crippen LogP contribution in [-0.4, -0.2) is 14.5 Å². The second kappa shape index (κ2) is 4.47. The Balaban J connectivity index is 2.17. The second-order valence-electron chi connectivity index (χ2n) is 4.65. The number of H-pyrrole nitrogens is 1. The molecule has 108 valence electrons. The van der Waals surface area contributed by atoms with Gasteiger partial charge in [0.25, 0.3) is 5.56 Å². The zero-order chi connectivity index (χ0) is 15.2. The first kappa shape index (κ1) is 13.4. The molecule has 0 radical (unpaired) electrons. The molecule has 0 bridgehead atoms. The molecule has 1 aromatic carbocycles. The largest absolute Gasteiger partial charge is 0.449 e. The lowest BCUT2D eigenvalue weighted by atomic mass is 10.2. The van der Waals surface area contributed by atoms with Crippen molar-refractivity contribution in [3.8, 4) is 5.69 Å². The summed E-state index contributed by atoms with van der Waals surface area (Å²) in [4.78, 5) is 17.7. The SMILES string of the molecule is Cc1cccn(-c2ccc3nc(C(F)(F)F)[nH]c3c2)c1=O. The molecule has 3 aromatic rings. The Hall–Kier alpha value is -2.57. The predicted octanol–water partition coefficient (Wildman–Crippen LogP) is 3.04. The molecule has 0 spiro atoms. The van der Waals surface area contributed by atoms with Crippen LogP contribution < -0.4 is 5.56 Å². The van der Waals surface area contributed by atoms with E-state index < -0.39 is 12.0 Å². The smallest absolute Gasteiger partial charge is 0.334 e. The van der Waals surface area contributed by atoms with Crippen molar-refractivity contribution in [2.45, 2.75) is 13.1 Å². The number of hydrogen-bond acceptors (Lipinski definition) is 2. The van der Waals surface area contributed by atoms with Crippen molar-refractivity contribution >= 4 is 11.0 Å². The van der Waals surface area contributed by atoms with Crippen molar-refractivity contribution in [3.63, 3.8) is 0 Å². The van der Waals surface area contributed by atoms with Gasteiger partial charge in [-0.05, 0) is 31.2 Å². The van der Waals surface area contributed by atoms with E-state index in [1.807, 2.05) is 0 Å². The Morgan fingerprint density at radius 3 is 2.71 bits per heavy atom. The van der Waals surface area contributed by atoms with Crippen LogP contribution in [-0.2, 0) is 6.18 Å². The summed E-state index contributed by atoms with van der Waals surface area (Å²) < 4.78 is 39.2. The minimum absolute atomic E-state index is 0.201. The summed E-state index contributed by atoms with van der Waals surface area (Å²) >= 11 is 0. The molecule has 0 atom stereocenters. The second-order valence-corrected chi connectivity index (χ2v) is 4.65. The maximum absolute atomic E-state index is 12.6. The van der Waals surface area contributed by atoms with E-state index in [4.69, 9.17) is 0 Å². The van der Waals surface area contributed by atoms with Crippen molar-refractivity contribution < 1.29 is 13.2 Å². The van der Waals surface area contributed by atoms with E-state index in [0.717, 1.165) is 0 Å². The number of pyridine rings is 1. The van der Waals surface area contributed by atoms with Gasteiger partial charge in [0.05, 0.1) is 16.7 Å².